The van der Waals surface area contributed by atoms with Crippen molar-refractivity contribution in [2.45, 2.75) is 37.1 Å². The van der Waals surface area contributed by atoms with E-state index in [1.54, 1.807) is 12.1 Å². The molecule has 1 fully saturated rings. The minimum atomic E-state index is -3.96. The number of piperidine rings is 1. The van der Waals surface area contributed by atoms with Crippen molar-refractivity contribution >= 4 is 39.0 Å². The van der Waals surface area contributed by atoms with Gasteiger partial charge in [-0.1, -0.05) is 54.1 Å². The second-order valence-electron chi connectivity index (χ2n) is 11.7. The Morgan fingerprint density at radius 2 is 1.57 bits per heavy atom. The summed E-state index contributed by atoms with van der Waals surface area (Å²) < 4.78 is 27.4. The van der Waals surface area contributed by atoms with Crippen LogP contribution in [0.25, 0.3) is 4.85 Å². The van der Waals surface area contributed by atoms with Gasteiger partial charge in [0.2, 0.25) is 15.9 Å². The van der Waals surface area contributed by atoms with Gasteiger partial charge in [0.25, 0.3) is 0 Å². The normalized spacial score (nSPS) is 13.7. The van der Waals surface area contributed by atoms with E-state index in [-0.39, 0.29) is 22.7 Å². The average Bonchev–Trinajstić information content (AvgIpc) is 3.07. The SMILES string of the molecule is [C-]#[N+]c1ccc(N2CCC(c3ccc(CN(C(=O)CN(C)S(=O)(=O)c4ccc(C)cc4)c4ccc(C(=O)O)c(O)c4)cc3)CC2)cc1. The number of hydrogen-bond donors (Lipinski definition) is 2. The number of phenols is 1. The molecule has 1 aliphatic heterocycles. The first kappa shape index (κ1) is 33.2. The van der Waals surface area contributed by atoms with E-state index in [9.17, 15) is 28.2 Å². The summed E-state index contributed by atoms with van der Waals surface area (Å²) >= 11 is 0. The summed E-state index contributed by atoms with van der Waals surface area (Å²) in [6.45, 7) is 10.4. The van der Waals surface area contributed by atoms with Crippen molar-refractivity contribution in [3.63, 3.8) is 0 Å². The maximum absolute atomic E-state index is 13.7. The number of aryl methyl sites for hydroxylation is 1. The smallest absolute Gasteiger partial charge is 0.339 e. The van der Waals surface area contributed by atoms with Gasteiger partial charge in [-0.15, -0.1) is 0 Å². The lowest BCUT2D eigenvalue weighted by atomic mass is 9.88. The number of benzene rings is 4. The highest BCUT2D eigenvalue weighted by molar-refractivity contribution is 7.89. The predicted octanol–water partition coefficient (Wildman–Crippen LogP) is 6.19. The van der Waals surface area contributed by atoms with Crippen molar-refractivity contribution in [3.8, 4) is 5.75 Å². The molecule has 0 aliphatic carbocycles. The van der Waals surface area contributed by atoms with Gasteiger partial charge in [-0.05, 0) is 73.2 Å². The standard InChI is InChI=1S/C36H36N4O6S/c1-25-4-15-32(16-5-25)47(45,46)38(3)24-35(42)40(31-14-17-33(36(43)44)34(41)22-31)23-26-6-8-27(9-7-26)28-18-20-39(21-19-28)30-12-10-29(37-2)11-13-30/h4-17,22,28,41H,18-21,23-24H2,1,3H3,(H,43,44). The molecule has 0 spiro atoms. The third-order valence-electron chi connectivity index (χ3n) is 8.54. The number of carbonyl (C=O) groups is 2. The highest BCUT2D eigenvalue weighted by atomic mass is 32.2. The first-order valence-electron chi connectivity index (χ1n) is 15.2. The molecule has 11 heteroatoms. The average molecular weight is 653 g/mol. The Labute approximate surface area is 275 Å². The second-order valence-corrected chi connectivity index (χ2v) is 13.7. The molecule has 0 unspecified atom stereocenters. The number of carbonyl (C=O) groups excluding carboxylic acids is 1. The lowest BCUT2D eigenvalue weighted by Gasteiger charge is -2.34. The fraction of sp³-hybridized carbons (Fsp3) is 0.250. The highest BCUT2D eigenvalue weighted by Gasteiger charge is 2.27. The zero-order valence-corrected chi connectivity index (χ0v) is 27.0. The summed E-state index contributed by atoms with van der Waals surface area (Å²) in [6.07, 6.45) is 1.93. The molecule has 1 saturated heterocycles. The number of aromatic carboxylic acids is 1. The monoisotopic (exact) mass is 652 g/mol. The van der Waals surface area contributed by atoms with Gasteiger partial charge in [0, 0.05) is 37.6 Å². The molecule has 0 aromatic heterocycles. The van der Waals surface area contributed by atoms with Gasteiger partial charge in [-0.3, -0.25) is 4.79 Å². The molecule has 0 radical (unpaired) electrons. The second kappa shape index (κ2) is 14.1. The summed E-state index contributed by atoms with van der Waals surface area (Å²) in [7, 11) is -2.63. The molecule has 10 nitrogen and oxygen atoms in total. The molecule has 0 atom stereocenters. The third kappa shape index (κ3) is 7.62. The molecule has 0 saturated carbocycles. The Kier molecular flexibility index (Phi) is 9.94. The van der Waals surface area contributed by atoms with Crippen molar-refractivity contribution in [3.05, 3.63) is 125 Å². The van der Waals surface area contributed by atoms with E-state index in [2.05, 4.69) is 9.74 Å². The van der Waals surface area contributed by atoms with E-state index < -0.39 is 34.2 Å². The number of anilines is 2. The number of hydrogen-bond acceptors (Lipinski definition) is 6. The molecule has 4 aromatic rings. The fourth-order valence-electron chi connectivity index (χ4n) is 5.73. The van der Waals surface area contributed by atoms with Crippen LogP contribution in [0.15, 0.2) is 95.9 Å². The molecule has 242 valence electrons. The van der Waals surface area contributed by atoms with E-state index in [0.29, 0.717) is 11.6 Å². The first-order chi connectivity index (χ1) is 22.5. The van der Waals surface area contributed by atoms with Gasteiger partial charge in [0.15, 0.2) is 5.69 Å². The van der Waals surface area contributed by atoms with Gasteiger partial charge in [-0.25, -0.2) is 18.1 Å². The molecule has 2 N–H and O–H groups in total. The van der Waals surface area contributed by atoms with Crippen molar-refractivity contribution in [1.29, 1.82) is 0 Å². The van der Waals surface area contributed by atoms with Gasteiger partial charge in [0.05, 0.1) is 24.6 Å². The van der Waals surface area contributed by atoms with Crippen molar-refractivity contribution in [2.75, 3.05) is 36.5 Å². The molecule has 0 bridgehead atoms. The summed E-state index contributed by atoms with van der Waals surface area (Å²) in [6, 6.07) is 25.8. The summed E-state index contributed by atoms with van der Waals surface area (Å²) in [5.74, 6) is -2.00. The Balaban J connectivity index is 1.32. The van der Waals surface area contributed by atoms with Gasteiger partial charge in [0.1, 0.15) is 11.3 Å². The molecule has 47 heavy (non-hydrogen) atoms. The number of nitrogens with zero attached hydrogens (tertiary/aromatic N) is 4. The van der Waals surface area contributed by atoms with Crippen LogP contribution < -0.4 is 9.80 Å². The number of sulfonamides is 1. The molecular formula is C36H36N4O6S. The van der Waals surface area contributed by atoms with Crippen LogP contribution in [0, 0.1) is 13.5 Å². The molecule has 1 aliphatic rings. The zero-order valence-electron chi connectivity index (χ0n) is 26.2. The van der Waals surface area contributed by atoms with Crippen LogP contribution in [0.2, 0.25) is 0 Å². The molecular weight excluding hydrogens is 616 g/mol. The maximum atomic E-state index is 13.7. The van der Waals surface area contributed by atoms with Crippen LogP contribution in [0.1, 0.15) is 45.8 Å². The van der Waals surface area contributed by atoms with Gasteiger partial charge < -0.3 is 20.0 Å². The predicted molar refractivity (Wildman–Crippen MR) is 181 cm³/mol. The minimum Gasteiger partial charge on any atom is -0.507 e. The van der Waals surface area contributed by atoms with Gasteiger partial charge >= 0.3 is 5.97 Å². The fourth-order valence-corrected chi connectivity index (χ4v) is 6.85. The number of likely N-dealkylation sites (N-methyl/N-ethyl adjacent to an activating group) is 1. The Hall–Kier alpha value is -5.18. The van der Waals surface area contributed by atoms with E-state index >= 15 is 0 Å². The van der Waals surface area contributed by atoms with E-state index in [0.717, 1.165) is 47.1 Å². The zero-order chi connectivity index (χ0) is 33.7. The number of aromatic hydroxyl groups is 1. The van der Waals surface area contributed by atoms with Crippen molar-refractivity contribution < 1.29 is 28.2 Å². The van der Waals surface area contributed by atoms with Crippen LogP contribution in [0.5, 0.6) is 5.75 Å². The Morgan fingerprint density at radius 3 is 2.15 bits per heavy atom. The summed E-state index contributed by atoms with van der Waals surface area (Å²) in [5, 5.41) is 19.8. The topological polar surface area (TPSA) is 123 Å². The van der Waals surface area contributed by atoms with E-state index in [1.165, 1.54) is 47.8 Å². The quantitative estimate of drug-likeness (QED) is 0.196. The summed E-state index contributed by atoms with van der Waals surface area (Å²) in [5.41, 5.74) is 4.52. The number of carboxylic acids is 1. The van der Waals surface area contributed by atoms with Crippen LogP contribution >= 0.6 is 0 Å². The Morgan fingerprint density at radius 1 is 0.936 bits per heavy atom. The first-order valence-corrected chi connectivity index (χ1v) is 16.6. The molecule has 1 heterocycles. The van der Waals surface area contributed by atoms with Crippen LogP contribution in [0.4, 0.5) is 17.1 Å². The molecule has 1 amide bonds. The lowest BCUT2D eigenvalue weighted by Crippen LogP contribution is -2.41. The molecule has 5 rings (SSSR count). The van der Waals surface area contributed by atoms with Gasteiger partial charge in [-0.2, -0.15) is 4.31 Å². The van der Waals surface area contributed by atoms with Crippen LogP contribution in [0.3, 0.4) is 0 Å². The third-order valence-corrected chi connectivity index (χ3v) is 10.4. The van der Waals surface area contributed by atoms with Crippen molar-refractivity contribution in [1.82, 2.24) is 4.31 Å². The lowest BCUT2D eigenvalue weighted by molar-refractivity contribution is -0.118. The maximum Gasteiger partial charge on any atom is 0.339 e. The van der Waals surface area contributed by atoms with E-state index in [1.807, 2.05) is 55.5 Å². The van der Waals surface area contributed by atoms with Crippen molar-refractivity contribution in [2.24, 2.45) is 0 Å². The number of amides is 1. The van der Waals surface area contributed by atoms with E-state index in [4.69, 9.17) is 6.57 Å². The number of carboxylic acid groups (broad SMARTS) is 1. The molecule has 4 aromatic carbocycles. The highest BCUT2D eigenvalue weighted by Crippen LogP contribution is 2.32. The number of rotatable bonds is 10. The van der Waals surface area contributed by atoms with Crippen LogP contribution in [-0.2, 0) is 21.4 Å². The Bertz CT molecular complexity index is 1900. The largest absolute Gasteiger partial charge is 0.507 e. The van der Waals surface area contributed by atoms with Crippen LogP contribution in [-0.4, -0.2) is 61.5 Å². The summed E-state index contributed by atoms with van der Waals surface area (Å²) in [4.78, 5) is 32.4. The minimum absolute atomic E-state index is 0.0628.